The van der Waals surface area contributed by atoms with Crippen molar-refractivity contribution in [1.29, 1.82) is 0 Å². The molecule has 13 heteroatoms. The summed E-state index contributed by atoms with van der Waals surface area (Å²) in [5.41, 5.74) is 2.58. The van der Waals surface area contributed by atoms with E-state index in [9.17, 15) is 23.1 Å². The number of nitrogens with zero attached hydrogens (tertiary/aromatic N) is 5. The normalized spacial score (nSPS) is 27.3. The Morgan fingerprint density at radius 2 is 1.95 bits per heavy atom. The molecule has 1 saturated heterocycles. The first-order chi connectivity index (χ1) is 20.1. The van der Waals surface area contributed by atoms with Crippen molar-refractivity contribution in [2.75, 3.05) is 31.5 Å². The van der Waals surface area contributed by atoms with E-state index in [4.69, 9.17) is 4.74 Å². The molecule has 0 radical (unpaired) electrons. The monoisotopic (exact) mass is 604 g/mol. The van der Waals surface area contributed by atoms with E-state index in [0.29, 0.717) is 43.4 Å². The van der Waals surface area contributed by atoms with Crippen LogP contribution < -0.4 is 5.32 Å². The van der Waals surface area contributed by atoms with E-state index in [1.807, 2.05) is 25.1 Å². The number of anilines is 1. The Morgan fingerprint density at radius 1 is 1.17 bits per heavy atom. The zero-order chi connectivity index (χ0) is 29.4. The van der Waals surface area contributed by atoms with Gasteiger partial charge in [0.05, 0.1) is 29.0 Å². The SMILES string of the molecule is C[C@H]1CN(CC(F)(F)F)CCN1[C@H]1C[C@@H](C(=O)Nc2nc3ccc(-c4cnc(CO[C@H]5CCC[C@@H]5O)nc4)cc3s2)C1. The summed E-state index contributed by atoms with van der Waals surface area (Å²) in [6, 6.07) is 6.11. The van der Waals surface area contributed by atoms with E-state index in [1.165, 1.54) is 16.2 Å². The lowest BCUT2D eigenvalue weighted by atomic mass is 9.78. The van der Waals surface area contributed by atoms with Crippen LogP contribution in [0.3, 0.4) is 0 Å². The van der Waals surface area contributed by atoms with Gasteiger partial charge in [-0.3, -0.25) is 14.6 Å². The van der Waals surface area contributed by atoms with Crippen LogP contribution in [0.1, 0.15) is 44.9 Å². The lowest BCUT2D eigenvalue weighted by Gasteiger charge is -2.49. The van der Waals surface area contributed by atoms with Gasteiger partial charge in [-0.15, -0.1) is 0 Å². The molecule has 0 bridgehead atoms. The van der Waals surface area contributed by atoms with Crippen molar-refractivity contribution in [3.05, 3.63) is 36.4 Å². The largest absolute Gasteiger partial charge is 0.401 e. The van der Waals surface area contributed by atoms with Crippen LogP contribution in [0.25, 0.3) is 21.3 Å². The summed E-state index contributed by atoms with van der Waals surface area (Å²) in [7, 11) is 0. The minimum atomic E-state index is -4.18. The molecular formula is C29H35F3N6O3S. The maximum absolute atomic E-state index is 12.9. The second kappa shape index (κ2) is 12.1. The van der Waals surface area contributed by atoms with Crippen LogP contribution in [0.15, 0.2) is 30.6 Å². The fourth-order valence-electron chi connectivity index (χ4n) is 6.29. The maximum atomic E-state index is 12.9. The number of amides is 1. The number of thiazole rings is 1. The predicted octanol–water partition coefficient (Wildman–Crippen LogP) is 4.47. The number of carbonyl (C=O) groups is 1. The Labute approximate surface area is 246 Å². The minimum Gasteiger partial charge on any atom is -0.390 e. The molecule has 1 amide bonds. The van der Waals surface area contributed by atoms with Gasteiger partial charge in [-0.2, -0.15) is 13.2 Å². The predicted molar refractivity (Wildman–Crippen MR) is 153 cm³/mol. The maximum Gasteiger partial charge on any atom is 0.401 e. The topological polar surface area (TPSA) is 104 Å². The first kappa shape index (κ1) is 29.4. The number of ether oxygens (including phenoxy) is 1. The average molecular weight is 605 g/mol. The number of carbonyl (C=O) groups excluding carboxylic acids is 1. The molecule has 42 heavy (non-hydrogen) atoms. The van der Waals surface area contributed by atoms with Crippen molar-refractivity contribution < 1.29 is 27.8 Å². The third-order valence-corrected chi connectivity index (χ3v) is 9.55. The van der Waals surface area contributed by atoms with Crippen LogP contribution in [0.2, 0.25) is 0 Å². The van der Waals surface area contributed by atoms with E-state index in [1.54, 1.807) is 12.4 Å². The number of nitrogens with one attached hydrogen (secondary N) is 1. The highest BCUT2D eigenvalue weighted by Crippen LogP contribution is 2.36. The molecule has 1 aromatic carbocycles. The van der Waals surface area contributed by atoms with Crippen molar-refractivity contribution >= 4 is 32.6 Å². The molecule has 3 atom stereocenters. The van der Waals surface area contributed by atoms with Crippen molar-refractivity contribution in [1.82, 2.24) is 24.8 Å². The Hall–Kier alpha value is -2.71. The van der Waals surface area contributed by atoms with Crippen molar-refractivity contribution in [2.24, 2.45) is 5.92 Å². The van der Waals surface area contributed by atoms with Gasteiger partial charge in [-0.1, -0.05) is 17.4 Å². The van der Waals surface area contributed by atoms with Gasteiger partial charge in [0.25, 0.3) is 0 Å². The number of fused-ring (bicyclic) bond motifs is 1. The van der Waals surface area contributed by atoms with Crippen LogP contribution in [0.4, 0.5) is 18.3 Å². The summed E-state index contributed by atoms with van der Waals surface area (Å²) in [4.78, 5) is 30.1. The molecule has 3 aliphatic rings. The first-order valence-electron chi connectivity index (χ1n) is 14.5. The molecule has 0 spiro atoms. The molecule has 2 saturated carbocycles. The van der Waals surface area contributed by atoms with Crippen molar-refractivity contribution in [3.63, 3.8) is 0 Å². The summed E-state index contributed by atoms with van der Waals surface area (Å²) < 4.78 is 45.0. The lowest BCUT2D eigenvalue weighted by molar-refractivity contribution is -0.154. The van der Waals surface area contributed by atoms with E-state index >= 15 is 0 Å². The quantitative estimate of drug-likeness (QED) is 0.389. The Kier molecular flexibility index (Phi) is 8.47. The molecule has 6 rings (SSSR count). The molecular weight excluding hydrogens is 569 g/mol. The van der Waals surface area contributed by atoms with Gasteiger partial charge in [-0.05, 0) is 56.7 Å². The molecule has 2 aliphatic carbocycles. The fourth-order valence-corrected chi connectivity index (χ4v) is 7.19. The standard InChI is InChI=1S/C29H35F3N6O3S/c1-17-14-37(16-29(30,31)32)7-8-38(17)21-9-19(10-21)27(40)36-28-35-22-6-5-18(11-25(22)42-28)20-12-33-26(34-13-20)15-41-24-4-2-3-23(24)39/h5-6,11-13,17,19,21,23-24,39H,2-4,7-10,14-16H2,1H3,(H,35,36,40)/t17-,19-,21+,23-,24-/m0/s1. The van der Waals surface area contributed by atoms with Crippen molar-refractivity contribution in [2.45, 2.75) is 76.1 Å². The molecule has 0 unspecified atom stereocenters. The molecule has 9 nitrogen and oxygen atoms in total. The summed E-state index contributed by atoms with van der Waals surface area (Å²) in [5, 5.41) is 13.4. The number of benzene rings is 1. The Balaban J connectivity index is 1.00. The van der Waals surface area contributed by atoms with E-state index in [-0.39, 0.29) is 36.6 Å². The molecule has 2 aromatic heterocycles. The van der Waals surface area contributed by atoms with Gasteiger partial charge in [0, 0.05) is 55.6 Å². The summed E-state index contributed by atoms with van der Waals surface area (Å²) in [5.74, 6) is 0.373. The van der Waals surface area contributed by atoms with Crippen LogP contribution in [0, 0.1) is 5.92 Å². The van der Waals surface area contributed by atoms with Gasteiger partial charge < -0.3 is 15.2 Å². The number of aliphatic hydroxyl groups is 1. The van der Waals surface area contributed by atoms with Crippen LogP contribution in [-0.4, -0.2) is 92.4 Å². The Morgan fingerprint density at radius 3 is 2.64 bits per heavy atom. The third kappa shape index (κ3) is 6.75. The number of aromatic nitrogens is 3. The number of rotatable bonds is 8. The number of alkyl halides is 3. The zero-order valence-electron chi connectivity index (χ0n) is 23.4. The van der Waals surface area contributed by atoms with Gasteiger partial charge >= 0.3 is 6.18 Å². The highest BCUT2D eigenvalue weighted by Gasteiger charge is 2.42. The molecule has 2 N–H and O–H groups in total. The number of halogens is 3. The molecule has 3 aromatic rings. The van der Waals surface area contributed by atoms with E-state index in [0.717, 1.165) is 40.6 Å². The minimum absolute atomic E-state index is 0.0226. The highest BCUT2D eigenvalue weighted by molar-refractivity contribution is 7.22. The fraction of sp³-hybridized carbons (Fsp3) is 0.586. The number of aliphatic hydroxyl groups excluding tert-OH is 1. The van der Waals surface area contributed by atoms with Crippen LogP contribution >= 0.6 is 11.3 Å². The molecule has 1 aliphatic heterocycles. The smallest absolute Gasteiger partial charge is 0.390 e. The molecule has 3 heterocycles. The third-order valence-electron chi connectivity index (χ3n) is 8.62. The first-order valence-corrected chi connectivity index (χ1v) is 15.3. The van der Waals surface area contributed by atoms with Gasteiger partial charge in [0.2, 0.25) is 5.91 Å². The lowest BCUT2D eigenvalue weighted by Crippen LogP contribution is -2.60. The highest BCUT2D eigenvalue weighted by atomic mass is 32.1. The van der Waals surface area contributed by atoms with Gasteiger partial charge in [0.1, 0.15) is 6.61 Å². The number of hydrogen-bond donors (Lipinski definition) is 2. The molecule has 226 valence electrons. The van der Waals surface area contributed by atoms with Crippen LogP contribution in [-0.2, 0) is 16.1 Å². The second-order valence-corrected chi connectivity index (χ2v) is 12.7. The average Bonchev–Trinajstić information content (AvgIpc) is 3.51. The Bertz CT molecular complexity index is 1400. The molecule has 3 fully saturated rings. The second-order valence-electron chi connectivity index (χ2n) is 11.7. The van der Waals surface area contributed by atoms with E-state index < -0.39 is 18.8 Å². The zero-order valence-corrected chi connectivity index (χ0v) is 24.2. The van der Waals surface area contributed by atoms with Crippen LogP contribution in [0.5, 0.6) is 0 Å². The van der Waals surface area contributed by atoms with Gasteiger partial charge in [0.15, 0.2) is 11.0 Å². The summed E-state index contributed by atoms with van der Waals surface area (Å²) in [6.45, 7) is 2.72. The summed E-state index contributed by atoms with van der Waals surface area (Å²) in [6.07, 6.45) is 2.76. The van der Waals surface area contributed by atoms with E-state index in [2.05, 4.69) is 25.2 Å². The number of piperazine rings is 1. The summed E-state index contributed by atoms with van der Waals surface area (Å²) >= 11 is 1.41. The number of hydrogen-bond acceptors (Lipinski definition) is 9. The van der Waals surface area contributed by atoms with Crippen molar-refractivity contribution in [3.8, 4) is 11.1 Å². The van der Waals surface area contributed by atoms with Gasteiger partial charge in [-0.25, -0.2) is 15.0 Å².